The molecule has 45 heavy (non-hydrogen) atoms. The van der Waals surface area contributed by atoms with Gasteiger partial charge in [-0.15, -0.1) is 24.2 Å². The molecule has 2 fully saturated rings. The molecule has 6 rings (SSSR count). The van der Waals surface area contributed by atoms with E-state index in [1.54, 1.807) is 17.8 Å². The zero-order valence-corrected chi connectivity index (χ0v) is 29.8. The third-order valence-electron chi connectivity index (χ3n) is 9.19. The average Bonchev–Trinajstić information content (AvgIpc) is 3.29. The molecule has 0 radical (unpaired) electrons. The molecule has 4 aromatic rings. The van der Waals surface area contributed by atoms with Crippen LogP contribution in [0.25, 0.3) is 10.9 Å². The highest BCUT2D eigenvalue weighted by Crippen LogP contribution is 2.39. The number of amides is 1. The van der Waals surface area contributed by atoms with Gasteiger partial charge in [0.2, 0.25) is 0 Å². The number of phenolic OH excluding ortho intramolecular Hbond substituents is 1. The summed E-state index contributed by atoms with van der Waals surface area (Å²) in [7, 11) is 0. The van der Waals surface area contributed by atoms with E-state index in [0.717, 1.165) is 74.4 Å². The first-order valence-corrected chi connectivity index (χ1v) is 17.4. The number of carbonyl (C=O) groups is 1. The Morgan fingerprint density at radius 1 is 0.933 bits per heavy atom. The highest BCUT2D eigenvalue weighted by molar-refractivity contribution is 9.10. The number of phenols is 1. The van der Waals surface area contributed by atoms with Gasteiger partial charge >= 0.3 is 0 Å². The van der Waals surface area contributed by atoms with Crippen LogP contribution in [0.2, 0.25) is 0 Å². The minimum Gasteiger partial charge on any atom is -0.507 e. The second-order valence-corrected chi connectivity index (χ2v) is 14.2. The normalized spacial score (nSPS) is 16.2. The molecule has 0 atom stereocenters. The molecule has 2 aliphatic heterocycles. The fourth-order valence-electron chi connectivity index (χ4n) is 6.93. The van der Waals surface area contributed by atoms with Crippen molar-refractivity contribution in [1.29, 1.82) is 0 Å². The summed E-state index contributed by atoms with van der Waals surface area (Å²) in [5.41, 5.74) is 8.84. The van der Waals surface area contributed by atoms with Gasteiger partial charge in [0.25, 0.3) is 5.91 Å². The van der Waals surface area contributed by atoms with E-state index < -0.39 is 0 Å². The Hall–Kier alpha value is -2.49. The number of likely N-dealkylation sites (tertiary alicyclic amines) is 1. The number of aromatic hydroxyl groups is 1. The van der Waals surface area contributed by atoms with Crippen LogP contribution in [0.15, 0.2) is 57.9 Å². The van der Waals surface area contributed by atoms with Crippen LogP contribution >= 0.6 is 40.1 Å². The largest absolute Gasteiger partial charge is 0.507 e. The van der Waals surface area contributed by atoms with Crippen LogP contribution in [0.5, 0.6) is 5.75 Å². The summed E-state index contributed by atoms with van der Waals surface area (Å²) in [6.07, 6.45) is 1.94. The van der Waals surface area contributed by atoms with E-state index in [0.29, 0.717) is 22.8 Å². The number of carbonyl (C=O) groups excluding carboxylic acids is 1. The van der Waals surface area contributed by atoms with Crippen molar-refractivity contribution < 1.29 is 14.6 Å². The van der Waals surface area contributed by atoms with Crippen LogP contribution in [-0.4, -0.2) is 70.8 Å². The van der Waals surface area contributed by atoms with Crippen LogP contribution in [0, 0.1) is 27.7 Å². The number of hydrogen-bond acceptors (Lipinski definition) is 5. The fraction of sp³-hybridized carbons (Fsp3) is 0.417. The predicted octanol–water partition coefficient (Wildman–Crippen LogP) is 8.04. The van der Waals surface area contributed by atoms with Crippen LogP contribution < -0.4 is 0 Å². The highest BCUT2D eigenvalue weighted by Gasteiger charge is 2.32. The molecule has 1 aromatic heterocycles. The van der Waals surface area contributed by atoms with Gasteiger partial charge in [-0.1, -0.05) is 47.5 Å². The minimum absolute atomic E-state index is 0. The number of aromatic nitrogens is 1. The molecular formula is C36H43BrClN3O3S. The molecule has 0 spiro atoms. The monoisotopic (exact) mass is 711 g/mol. The molecular weight excluding hydrogens is 670 g/mol. The maximum atomic E-state index is 14.6. The van der Waals surface area contributed by atoms with Crippen molar-refractivity contribution in [2.75, 3.05) is 39.4 Å². The number of benzene rings is 3. The molecule has 0 bridgehead atoms. The van der Waals surface area contributed by atoms with Crippen molar-refractivity contribution >= 4 is 56.9 Å². The second kappa shape index (κ2) is 14.5. The Morgan fingerprint density at radius 2 is 1.58 bits per heavy atom. The topological polar surface area (TPSA) is 57.9 Å². The van der Waals surface area contributed by atoms with Crippen molar-refractivity contribution in [1.82, 2.24) is 14.4 Å². The van der Waals surface area contributed by atoms with Crippen molar-refractivity contribution in [3.8, 4) is 5.75 Å². The number of nitrogens with zero attached hydrogens (tertiary/aromatic N) is 3. The molecule has 3 aromatic carbocycles. The molecule has 0 unspecified atom stereocenters. The van der Waals surface area contributed by atoms with Crippen LogP contribution in [0.1, 0.15) is 56.7 Å². The Morgan fingerprint density at radius 3 is 2.22 bits per heavy atom. The SMILES string of the molecule is Cc1ccc(Cn2c(CSc3c(C)cc(C)cc3C)c(C(=O)N3CCC(N4CCOCC4)CC3)c3cc(O)c(Br)cc32)cc1.Cl. The molecule has 1 amide bonds. The third-order valence-corrected chi connectivity index (χ3v) is 11.2. The number of aryl methyl sites for hydroxylation is 4. The first-order chi connectivity index (χ1) is 21.2. The van der Waals surface area contributed by atoms with Crippen molar-refractivity contribution in [2.45, 2.75) is 63.8 Å². The lowest BCUT2D eigenvalue weighted by molar-refractivity contribution is 0.00160. The van der Waals surface area contributed by atoms with Gasteiger partial charge in [0.15, 0.2) is 0 Å². The highest BCUT2D eigenvalue weighted by atomic mass is 79.9. The van der Waals surface area contributed by atoms with Gasteiger partial charge in [0.1, 0.15) is 5.75 Å². The number of hydrogen-bond donors (Lipinski definition) is 1. The number of halogens is 2. The van der Waals surface area contributed by atoms with Gasteiger partial charge < -0.3 is 19.3 Å². The summed E-state index contributed by atoms with van der Waals surface area (Å²) in [4.78, 5) is 20.4. The van der Waals surface area contributed by atoms with E-state index in [-0.39, 0.29) is 24.1 Å². The number of morpholine rings is 1. The maximum absolute atomic E-state index is 14.6. The molecule has 2 saturated heterocycles. The van der Waals surface area contributed by atoms with E-state index in [2.05, 4.69) is 89.5 Å². The first kappa shape index (κ1) is 33.9. The van der Waals surface area contributed by atoms with Gasteiger partial charge in [0.05, 0.1) is 28.8 Å². The Bertz CT molecular complexity index is 1650. The molecule has 9 heteroatoms. The second-order valence-electron chi connectivity index (χ2n) is 12.4. The molecule has 6 nitrogen and oxygen atoms in total. The van der Waals surface area contributed by atoms with Crippen LogP contribution in [0.4, 0.5) is 0 Å². The smallest absolute Gasteiger partial charge is 0.256 e. The Labute approximate surface area is 285 Å². The summed E-state index contributed by atoms with van der Waals surface area (Å²) in [6.45, 7) is 14.2. The summed E-state index contributed by atoms with van der Waals surface area (Å²) >= 11 is 5.36. The standard InChI is InChI=1S/C36H42BrN3O3S.ClH/c1-23-5-7-27(8-6-23)21-40-31-20-30(37)33(41)19-29(31)34(32(40)22-44-35-25(3)17-24(2)18-26(35)4)36(42)39-11-9-28(10-12-39)38-13-15-43-16-14-38;/h5-8,17-20,28,41H,9-16,21-22H2,1-4H3;1H. The van der Waals surface area contributed by atoms with Gasteiger partial charge in [0, 0.05) is 60.5 Å². The third kappa shape index (κ3) is 7.25. The lowest BCUT2D eigenvalue weighted by Crippen LogP contribution is -2.50. The van der Waals surface area contributed by atoms with Gasteiger partial charge in [-0.3, -0.25) is 9.69 Å². The van der Waals surface area contributed by atoms with Crippen molar-refractivity contribution in [2.24, 2.45) is 0 Å². The van der Waals surface area contributed by atoms with Gasteiger partial charge in [-0.2, -0.15) is 0 Å². The number of fused-ring (bicyclic) bond motifs is 1. The lowest BCUT2D eigenvalue weighted by atomic mass is 10.0. The molecule has 1 N–H and O–H groups in total. The fourth-order valence-corrected chi connectivity index (χ4v) is 8.41. The Balaban J connectivity index is 0.00000400. The molecule has 2 aliphatic rings. The van der Waals surface area contributed by atoms with Crippen LogP contribution in [-0.2, 0) is 17.0 Å². The van der Waals surface area contributed by atoms with Crippen LogP contribution in [0.3, 0.4) is 0 Å². The zero-order chi connectivity index (χ0) is 31.0. The minimum atomic E-state index is 0. The van der Waals surface area contributed by atoms with E-state index >= 15 is 0 Å². The summed E-state index contributed by atoms with van der Waals surface area (Å²) in [5.74, 6) is 0.858. The molecule has 240 valence electrons. The van der Waals surface area contributed by atoms with E-state index in [9.17, 15) is 9.90 Å². The molecule has 0 aliphatic carbocycles. The summed E-state index contributed by atoms with van der Waals surface area (Å²) in [6, 6.07) is 17.3. The zero-order valence-electron chi connectivity index (χ0n) is 26.6. The lowest BCUT2D eigenvalue weighted by Gasteiger charge is -2.40. The van der Waals surface area contributed by atoms with Crippen molar-refractivity contribution in [3.05, 3.63) is 92.1 Å². The Kier molecular flexibility index (Phi) is 10.9. The van der Waals surface area contributed by atoms with Gasteiger partial charge in [-0.05, 0) is 85.3 Å². The summed E-state index contributed by atoms with van der Waals surface area (Å²) in [5, 5.41) is 11.6. The summed E-state index contributed by atoms with van der Waals surface area (Å²) < 4.78 is 8.49. The van der Waals surface area contributed by atoms with E-state index in [4.69, 9.17) is 4.74 Å². The number of piperidine rings is 1. The molecule has 0 saturated carbocycles. The average molecular weight is 713 g/mol. The van der Waals surface area contributed by atoms with E-state index in [1.165, 1.54) is 32.7 Å². The maximum Gasteiger partial charge on any atom is 0.256 e. The quantitative estimate of drug-likeness (QED) is 0.197. The number of rotatable bonds is 7. The number of ether oxygens (including phenoxy) is 1. The number of thioether (sulfide) groups is 1. The van der Waals surface area contributed by atoms with Gasteiger partial charge in [-0.25, -0.2) is 0 Å². The predicted molar refractivity (Wildman–Crippen MR) is 190 cm³/mol. The van der Waals surface area contributed by atoms with E-state index in [1.807, 2.05) is 11.0 Å². The first-order valence-electron chi connectivity index (χ1n) is 15.6. The van der Waals surface area contributed by atoms with Crippen molar-refractivity contribution in [3.63, 3.8) is 0 Å². The molecule has 3 heterocycles.